The average Bonchev–Trinajstić information content (AvgIpc) is 3.22. The number of rotatable bonds is 3. The van der Waals surface area contributed by atoms with Crippen molar-refractivity contribution in [1.82, 2.24) is 0 Å². The Bertz CT molecular complexity index is 397. The van der Waals surface area contributed by atoms with Gasteiger partial charge in [-0.2, -0.15) is 0 Å². The van der Waals surface area contributed by atoms with Crippen LogP contribution in [-0.4, -0.2) is 46.3 Å². The summed E-state index contributed by atoms with van der Waals surface area (Å²) in [4.78, 5) is 0. The van der Waals surface area contributed by atoms with E-state index in [2.05, 4.69) is 19.9 Å². The molecule has 0 bridgehead atoms. The SMILES string of the molecule is CC(C)=CC[C@H]1O[C@]1(C)[C@@H]1[C@H](O)[C@@H](O)CC[C@]12CO2. The van der Waals surface area contributed by atoms with Gasteiger partial charge in [0.05, 0.1) is 36.4 Å². The van der Waals surface area contributed by atoms with Crippen molar-refractivity contribution in [3.63, 3.8) is 0 Å². The molecule has 1 saturated carbocycles. The van der Waals surface area contributed by atoms with Crippen LogP contribution in [0, 0.1) is 5.92 Å². The molecule has 108 valence electrons. The van der Waals surface area contributed by atoms with Gasteiger partial charge in [-0.15, -0.1) is 0 Å². The Kier molecular flexibility index (Phi) is 3.06. The Morgan fingerprint density at radius 2 is 2.05 bits per heavy atom. The molecule has 2 saturated heterocycles. The molecule has 3 rings (SSSR count). The van der Waals surface area contributed by atoms with Gasteiger partial charge < -0.3 is 19.7 Å². The molecule has 0 aromatic carbocycles. The van der Waals surface area contributed by atoms with E-state index in [1.165, 1.54) is 5.57 Å². The molecule has 3 fully saturated rings. The van der Waals surface area contributed by atoms with Crippen molar-refractivity contribution in [2.24, 2.45) is 5.92 Å². The fraction of sp³-hybridized carbons (Fsp3) is 0.867. The second kappa shape index (κ2) is 4.29. The zero-order valence-corrected chi connectivity index (χ0v) is 11.9. The molecular weight excluding hydrogens is 244 g/mol. The van der Waals surface area contributed by atoms with Gasteiger partial charge in [0.25, 0.3) is 0 Å². The Balaban J connectivity index is 1.75. The van der Waals surface area contributed by atoms with E-state index in [0.717, 1.165) is 12.8 Å². The van der Waals surface area contributed by atoms with Gasteiger partial charge in [0, 0.05) is 0 Å². The normalized spacial score (nSPS) is 52.1. The Morgan fingerprint density at radius 3 is 2.63 bits per heavy atom. The molecule has 0 amide bonds. The van der Waals surface area contributed by atoms with Crippen LogP contribution < -0.4 is 0 Å². The van der Waals surface area contributed by atoms with Crippen LogP contribution in [0.4, 0.5) is 0 Å². The largest absolute Gasteiger partial charge is 0.390 e. The van der Waals surface area contributed by atoms with E-state index in [4.69, 9.17) is 9.47 Å². The monoisotopic (exact) mass is 268 g/mol. The quantitative estimate of drug-likeness (QED) is 0.600. The van der Waals surface area contributed by atoms with E-state index in [-0.39, 0.29) is 23.2 Å². The maximum atomic E-state index is 10.4. The summed E-state index contributed by atoms with van der Waals surface area (Å²) in [6.07, 6.45) is 3.23. The molecule has 2 N–H and O–H groups in total. The minimum absolute atomic E-state index is 0.112. The number of hydrogen-bond donors (Lipinski definition) is 2. The van der Waals surface area contributed by atoms with Crippen LogP contribution in [-0.2, 0) is 9.47 Å². The van der Waals surface area contributed by atoms with Crippen LogP contribution in [0.25, 0.3) is 0 Å². The molecule has 1 aliphatic carbocycles. The summed E-state index contributed by atoms with van der Waals surface area (Å²) in [5, 5.41) is 20.3. The van der Waals surface area contributed by atoms with Crippen molar-refractivity contribution in [3.8, 4) is 0 Å². The van der Waals surface area contributed by atoms with Gasteiger partial charge in [-0.25, -0.2) is 0 Å². The van der Waals surface area contributed by atoms with Crippen molar-refractivity contribution in [2.45, 2.75) is 69.5 Å². The minimum atomic E-state index is -0.738. The lowest BCUT2D eigenvalue weighted by molar-refractivity contribution is -0.0976. The molecule has 0 unspecified atom stereocenters. The van der Waals surface area contributed by atoms with Crippen molar-refractivity contribution in [1.29, 1.82) is 0 Å². The van der Waals surface area contributed by atoms with Crippen molar-refractivity contribution >= 4 is 0 Å². The molecule has 0 aromatic heterocycles. The molecule has 0 radical (unpaired) electrons. The van der Waals surface area contributed by atoms with Gasteiger partial charge in [0.15, 0.2) is 0 Å². The number of aliphatic hydroxyl groups is 2. The zero-order chi connectivity index (χ0) is 13.8. The van der Waals surface area contributed by atoms with Crippen molar-refractivity contribution < 1.29 is 19.7 Å². The van der Waals surface area contributed by atoms with E-state index >= 15 is 0 Å². The highest BCUT2D eigenvalue weighted by Crippen LogP contribution is 2.58. The van der Waals surface area contributed by atoms with Crippen molar-refractivity contribution in [3.05, 3.63) is 11.6 Å². The van der Waals surface area contributed by atoms with Crippen molar-refractivity contribution in [2.75, 3.05) is 6.61 Å². The van der Waals surface area contributed by atoms with Gasteiger partial charge in [-0.1, -0.05) is 11.6 Å². The molecule has 1 spiro atoms. The summed E-state index contributed by atoms with van der Waals surface area (Å²) in [6, 6.07) is 0. The number of ether oxygens (including phenoxy) is 2. The fourth-order valence-corrected chi connectivity index (χ4v) is 3.70. The van der Waals surface area contributed by atoms with Gasteiger partial charge in [0.1, 0.15) is 5.60 Å². The molecule has 4 nitrogen and oxygen atoms in total. The molecule has 19 heavy (non-hydrogen) atoms. The summed E-state index contributed by atoms with van der Waals surface area (Å²) in [7, 11) is 0. The predicted octanol–water partition coefficient (Wildman–Crippen LogP) is 1.40. The first-order valence-electron chi connectivity index (χ1n) is 7.20. The lowest BCUT2D eigenvalue weighted by atomic mass is 9.68. The maximum absolute atomic E-state index is 10.4. The van der Waals surface area contributed by atoms with Gasteiger partial charge in [-0.05, 0) is 40.0 Å². The zero-order valence-electron chi connectivity index (χ0n) is 11.9. The van der Waals surface area contributed by atoms with E-state index < -0.39 is 12.2 Å². The topological polar surface area (TPSA) is 65.5 Å². The Labute approximate surface area is 114 Å². The third kappa shape index (κ3) is 2.15. The second-order valence-corrected chi connectivity index (χ2v) is 6.74. The molecule has 0 aromatic rings. The van der Waals surface area contributed by atoms with Crippen LogP contribution in [0.3, 0.4) is 0 Å². The first-order valence-corrected chi connectivity index (χ1v) is 7.20. The fourth-order valence-electron chi connectivity index (χ4n) is 3.70. The third-order valence-electron chi connectivity index (χ3n) is 5.02. The smallest absolute Gasteiger partial charge is 0.101 e. The van der Waals surface area contributed by atoms with Gasteiger partial charge in [-0.3, -0.25) is 0 Å². The van der Waals surface area contributed by atoms with Crippen LogP contribution in [0.1, 0.15) is 40.0 Å². The molecule has 2 aliphatic heterocycles. The molecule has 6 atom stereocenters. The van der Waals surface area contributed by atoms with Crippen LogP contribution in [0.2, 0.25) is 0 Å². The first kappa shape index (κ1) is 13.6. The van der Waals surface area contributed by atoms with E-state index in [0.29, 0.717) is 13.0 Å². The molecule has 2 heterocycles. The number of hydrogen-bond acceptors (Lipinski definition) is 4. The Morgan fingerprint density at radius 1 is 1.37 bits per heavy atom. The summed E-state index contributed by atoms with van der Waals surface area (Å²) in [6.45, 7) is 6.89. The summed E-state index contributed by atoms with van der Waals surface area (Å²) >= 11 is 0. The van der Waals surface area contributed by atoms with E-state index in [9.17, 15) is 10.2 Å². The maximum Gasteiger partial charge on any atom is 0.101 e. The lowest BCUT2D eigenvalue weighted by Gasteiger charge is -2.39. The predicted molar refractivity (Wildman–Crippen MR) is 70.7 cm³/mol. The highest BCUT2D eigenvalue weighted by molar-refractivity contribution is 5.20. The molecular formula is C15H24O4. The standard InChI is InChI=1S/C15H24O4/c1-9(2)4-5-11-14(3,19-11)13-12(17)10(16)6-7-15(13)8-18-15/h4,10-13,16-17H,5-8H2,1-3H3/t10-,11+,12+,13-,14-,15-/m0/s1. The number of epoxide rings is 2. The number of allylic oxidation sites excluding steroid dienone is 1. The van der Waals surface area contributed by atoms with Gasteiger partial charge >= 0.3 is 0 Å². The van der Waals surface area contributed by atoms with Crippen LogP contribution in [0.15, 0.2) is 11.6 Å². The van der Waals surface area contributed by atoms with E-state index in [1.54, 1.807) is 0 Å². The Hall–Kier alpha value is -0.420. The van der Waals surface area contributed by atoms with Crippen LogP contribution >= 0.6 is 0 Å². The highest BCUT2D eigenvalue weighted by Gasteiger charge is 2.71. The average molecular weight is 268 g/mol. The second-order valence-electron chi connectivity index (χ2n) is 6.74. The minimum Gasteiger partial charge on any atom is -0.390 e. The first-order chi connectivity index (χ1) is 8.89. The highest BCUT2D eigenvalue weighted by atomic mass is 16.6. The van der Waals surface area contributed by atoms with Crippen LogP contribution in [0.5, 0.6) is 0 Å². The van der Waals surface area contributed by atoms with Gasteiger partial charge in [0.2, 0.25) is 0 Å². The summed E-state index contributed by atoms with van der Waals surface area (Å²) in [5.74, 6) is -0.112. The third-order valence-corrected chi connectivity index (χ3v) is 5.02. The molecule has 4 heteroatoms. The number of aliphatic hydroxyl groups excluding tert-OH is 2. The summed E-state index contributed by atoms with van der Waals surface area (Å²) in [5.41, 5.74) is 0.676. The lowest BCUT2D eigenvalue weighted by Crippen LogP contribution is -2.53. The summed E-state index contributed by atoms with van der Waals surface area (Å²) < 4.78 is 11.5. The van der Waals surface area contributed by atoms with E-state index in [1.807, 2.05) is 6.92 Å². The molecule has 3 aliphatic rings.